The summed E-state index contributed by atoms with van der Waals surface area (Å²) in [5, 5.41) is 11.3. The van der Waals surface area contributed by atoms with E-state index in [0.717, 1.165) is 0 Å². The lowest BCUT2D eigenvalue weighted by Gasteiger charge is -2.05. The van der Waals surface area contributed by atoms with Gasteiger partial charge in [-0.2, -0.15) is 0 Å². The Bertz CT molecular complexity index is 698. The predicted molar refractivity (Wildman–Crippen MR) is 76.5 cm³/mol. The molecule has 0 saturated carbocycles. The molecule has 1 aromatic carbocycles. The van der Waals surface area contributed by atoms with Crippen LogP contribution in [0.15, 0.2) is 34.7 Å². The van der Waals surface area contributed by atoms with Crippen molar-refractivity contribution in [3.8, 4) is 11.3 Å². The third-order valence-electron chi connectivity index (χ3n) is 2.84. The van der Waals surface area contributed by atoms with Crippen molar-refractivity contribution in [2.45, 2.75) is 12.5 Å². The molecule has 1 aromatic heterocycles. The first-order valence-electron chi connectivity index (χ1n) is 5.96. The number of nitro groups is 1. The molecule has 2 rings (SSSR count). The standard InChI is InChI=1S/C13H12ClN3O4/c14-7-1-2-8(10(5-7)17(19)20)11-3-4-12(21-11)9(15)6-13(16)18/h1-5,9H,6,15H2,(H2,16,18). The van der Waals surface area contributed by atoms with E-state index in [1.807, 2.05) is 0 Å². The molecule has 0 aliphatic heterocycles. The molecule has 0 fully saturated rings. The van der Waals surface area contributed by atoms with E-state index < -0.39 is 16.9 Å². The number of primary amides is 1. The first kappa shape index (κ1) is 15.0. The molecule has 0 aliphatic carbocycles. The maximum Gasteiger partial charge on any atom is 0.281 e. The average Bonchev–Trinajstić information content (AvgIpc) is 2.87. The van der Waals surface area contributed by atoms with Gasteiger partial charge in [-0.1, -0.05) is 11.6 Å². The molecule has 7 nitrogen and oxygen atoms in total. The van der Waals surface area contributed by atoms with Crippen LogP contribution in [0.25, 0.3) is 11.3 Å². The first-order chi connectivity index (χ1) is 9.88. The molecule has 1 amide bonds. The third kappa shape index (κ3) is 3.39. The highest BCUT2D eigenvalue weighted by Crippen LogP contribution is 2.34. The van der Waals surface area contributed by atoms with E-state index in [4.69, 9.17) is 27.5 Å². The van der Waals surface area contributed by atoms with Gasteiger partial charge in [-0.15, -0.1) is 0 Å². The molecule has 0 bridgehead atoms. The van der Waals surface area contributed by atoms with Crippen molar-refractivity contribution in [3.05, 3.63) is 51.2 Å². The Morgan fingerprint density at radius 2 is 2.10 bits per heavy atom. The highest BCUT2D eigenvalue weighted by atomic mass is 35.5. The van der Waals surface area contributed by atoms with E-state index in [1.165, 1.54) is 18.2 Å². The third-order valence-corrected chi connectivity index (χ3v) is 3.07. The molecule has 4 N–H and O–H groups in total. The van der Waals surface area contributed by atoms with Gasteiger partial charge in [0.1, 0.15) is 11.5 Å². The van der Waals surface area contributed by atoms with Crippen LogP contribution in [0.2, 0.25) is 5.02 Å². The fraction of sp³-hybridized carbons (Fsp3) is 0.154. The monoisotopic (exact) mass is 309 g/mol. The number of nitrogens with two attached hydrogens (primary N) is 2. The largest absolute Gasteiger partial charge is 0.459 e. The Kier molecular flexibility index (Phi) is 4.25. The van der Waals surface area contributed by atoms with Gasteiger partial charge >= 0.3 is 0 Å². The van der Waals surface area contributed by atoms with Gasteiger partial charge in [0.15, 0.2) is 0 Å². The van der Waals surface area contributed by atoms with Gasteiger partial charge in [0, 0.05) is 17.5 Å². The van der Waals surface area contributed by atoms with Crippen molar-refractivity contribution in [1.29, 1.82) is 0 Å². The highest BCUT2D eigenvalue weighted by Gasteiger charge is 2.20. The summed E-state index contributed by atoms with van der Waals surface area (Å²) >= 11 is 5.75. The quantitative estimate of drug-likeness (QED) is 0.647. The molecule has 0 aliphatic rings. The van der Waals surface area contributed by atoms with Gasteiger partial charge in [0.2, 0.25) is 5.91 Å². The minimum Gasteiger partial charge on any atom is -0.459 e. The van der Waals surface area contributed by atoms with E-state index in [0.29, 0.717) is 5.76 Å². The number of nitrogens with zero attached hydrogens (tertiary/aromatic N) is 1. The summed E-state index contributed by atoms with van der Waals surface area (Å²) in [6.45, 7) is 0. The number of carbonyl (C=O) groups is 1. The van der Waals surface area contributed by atoms with Crippen LogP contribution in [0.1, 0.15) is 18.2 Å². The fourth-order valence-electron chi connectivity index (χ4n) is 1.88. The Morgan fingerprint density at radius 3 is 2.71 bits per heavy atom. The number of halogens is 1. The molecule has 0 radical (unpaired) electrons. The van der Waals surface area contributed by atoms with Crippen LogP contribution in [0, 0.1) is 10.1 Å². The maximum atomic E-state index is 11.1. The van der Waals surface area contributed by atoms with E-state index in [-0.39, 0.29) is 28.5 Å². The summed E-state index contributed by atoms with van der Waals surface area (Å²) in [6, 6.07) is 6.66. The fourth-order valence-corrected chi connectivity index (χ4v) is 2.04. The van der Waals surface area contributed by atoms with Crippen LogP contribution < -0.4 is 11.5 Å². The zero-order valence-electron chi connectivity index (χ0n) is 10.8. The number of hydrogen-bond acceptors (Lipinski definition) is 5. The van der Waals surface area contributed by atoms with Gasteiger partial charge in [0.05, 0.1) is 16.5 Å². The number of carbonyl (C=O) groups excluding carboxylic acids is 1. The Balaban J connectivity index is 2.38. The first-order valence-corrected chi connectivity index (χ1v) is 6.34. The Hall–Kier alpha value is -2.38. The van der Waals surface area contributed by atoms with Crippen LogP contribution in [-0.2, 0) is 4.79 Å². The van der Waals surface area contributed by atoms with E-state index in [9.17, 15) is 14.9 Å². The van der Waals surface area contributed by atoms with Crippen LogP contribution >= 0.6 is 11.6 Å². The SMILES string of the molecule is NC(=O)CC(N)c1ccc(-c2ccc(Cl)cc2[N+](=O)[O-])o1. The number of hydrogen-bond donors (Lipinski definition) is 2. The normalized spacial score (nSPS) is 12.1. The zero-order valence-corrected chi connectivity index (χ0v) is 11.5. The van der Waals surface area contributed by atoms with E-state index in [1.54, 1.807) is 12.1 Å². The summed E-state index contributed by atoms with van der Waals surface area (Å²) in [5.74, 6) is 0.0410. The Morgan fingerprint density at radius 1 is 1.38 bits per heavy atom. The van der Waals surface area contributed by atoms with E-state index >= 15 is 0 Å². The Labute approximate surface area is 124 Å². The summed E-state index contributed by atoms with van der Waals surface area (Å²) in [4.78, 5) is 21.3. The second-order valence-electron chi connectivity index (χ2n) is 4.40. The molecule has 1 atom stereocenters. The van der Waals surface area contributed by atoms with Crippen molar-refractivity contribution >= 4 is 23.2 Å². The lowest BCUT2D eigenvalue weighted by molar-refractivity contribution is -0.384. The molecule has 0 spiro atoms. The maximum absolute atomic E-state index is 11.1. The van der Waals surface area contributed by atoms with E-state index in [2.05, 4.69) is 0 Å². The van der Waals surface area contributed by atoms with Gasteiger partial charge < -0.3 is 15.9 Å². The second-order valence-corrected chi connectivity index (χ2v) is 4.83. The highest BCUT2D eigenvalue weighted by molar-refractivity contribution is 6.30. The molecular weight excluding hydrogens is 298 g/mol. The molecule has 2 aromatic rings. The van der Waals surface area contributed by atoms with Crippen LogP contribution in [0.5, 0.6) is 0 Å². The smallest absolute Gasteiger partial charge is 0.281 e. The molecule has 21 heavy (non-hydrogen) atoms. The van der Waals surface area contributed by atoms with Crippen LogP contribution in [0.4, 0.5) is 5.69 Å². The predicted octanol–water partition coefficient (Wildman–Crippen LogP) is 2.38. The number of amides is 1. The second kappa shape index (κ2) is 5.94. The van der Waals surface area contributed by atoms with Crippen molar-refractivity contribution < 1.29 is 14.1 Å². The van der Waals surface area contributed by atoms with Gasteiger partial charge in [-0.05, 0) is 24.3 Å². The lowest BCUT2D eigenvalue weighted by Crippen LogP contribution is -2.20. The van der Waals surface area contributed by atoms with Crippen molar-refractivity contribution in [2.75, 3.05) is 0 Å². The van der Waals surface area contributed by atoms with Crippen LogP contribution in [0.3, 0.4) is 0 Å². The summed E-state index contributed by atoms with van der Waals surface area (Å²) < 4.78 is 5.48. The summed E-state index contributed by atoms with van der Waals surface area (Å²) in [7, 11) is 0. The molecule has 110 valence electrons. The lowest BCUT2D eigenvalue weighted by atomic mass is 10.1. The topological polar surface area (TPSA) is 125 Å². The van der Waals surface area contributed by atoms with Gasteiger partial charge in [-0.3, -0.25) is 14.9 Å². The number of rotatable bonds is 5. The summed E-state index contributed by atoms with van der Waals surface area (Å²) in [5.41, 5.74) is 10.9. The average molecular weight is 310 g/mol. The van der Waals surface area contributed by atoms with Crippen molar-refractivity contribution in [1.82, 2.24) is 0 Å². The molecule has 8 heteroatoms. The minimum atomic E-state index is -0.692. The molecule has 0 saturated heterocycles. The summed E-state index contributed by atoms with van der Waals surface area (Å²) in [6.07, 6.45) is -0.0737. The number of nitro benzene ring substituents is 1. The van der Waals surface area contributed by atoms with Crippen molar-refractivity contribution in [2.24, 2.45) is 11.5 Å². The van der Waals surface area contributed by atoms with Crippen LogP contribution in [-0.4, -0.2) is 10.8 Å². The minimum absolute atomic E-state index is 0.0737. The van der Waals surface area contributed by atoms with Crippen molar-refractivity contribution in [3.63, 3.8) is 0 Å². The zero-order chi connectivity index (χ0) is 15.6. The number of furan rings is 1. The molecule has 1 unspecified atom stereocenters. The van der Waals surface area contributed by atoms with Gasteiger partial charge in [-0.25, -0.2) is 0 Å². The van der Waals surface area contributed by atoms with Gasteiger partial charge in [0.25, 0.3) is 5.69 Å². The molecular formula is C13H12ClN3O4. The number of benzene rings is 1. The molecule has 1 heterocycles.